The molecule has 7 nitrogen and oxygen atoms in total. The predicted octanol–water partition coefficient (Wildman–Crippen LogP) is 3.93. The predicted molar refractivity (Wildman–Crippen MR) is 105 cm³/mol. The zero-order valence-electron chi connectivity index (χ0n) is 16.3. The lowest BCUT2D eigenvalue weighted by atomic mass is 10.1. The van der Waals surface area contributed by atoms with Gasteiger partial charge in [-0.3, -0.25) is 4.79 Å². The van der Waals surface area contributed by atoms with E-state index in [1.807, 2.05) is 13.0 Å². The number of thioether (sulfide) groups is 1. The van der Waals surface area contributed by atoms with Crippen LogP contribution in [0, 0.1) is 0 Å². The van der Waals surface area contributed by atoms with Gasteiger partial charge in [0, 0.05) is 11.6 Å². The summed E-state index contributed by atoms with van der Waals surface area (Å²) in [6, 6.07) is 5.53. The number of hydrogen-bond acceptors (Lipinski definition) is 7. The van der Waals surface area contributed by atoms with E-state index in [2.05, 4.69) is 22.4 Å². The van der Waals surface area contributed by atoms with Crippen molar-refractivity contribution in [3.8, 4) is 23.0 Å². The number of nitrogens with zero attached hydrogens (tertiary/aromatic N) is 2. The van der Waals surface area contributed by atoms with Crippen molar-refractivity contribution in [3.63, 3.8) is 0 Å². The van der Waals surface area contributed by atoms with E-state index in [1.165, 1.54) is 24.6 Å². The molecule has 0 saturated heterocycles. The lowest BCUT2D eigenvalue weighted by molar-refractivity contribution is -0.119. The van der Waals surface area contributed by atoms with Gasteiger partial charge in [-0.05, 0) is 31.5 Å². The van der Waals surface area contributed by atoms with Crippen molar-refractivity contribution in [2.24, 2.45) is 0 Å². The maximum atomic E-state index is 12.0. The van der Waals surface area contributed by atoms with Crippen LogP contribution in [-0.4, -0.2) is 42.1 Å². The molecular weight excluding hydrogens is 366 g/mol. The first-order chi connectivity index (χ1) is 13.1. The molecule has 0 bridgehead atoms. The molecule has 0 saturated carbocycles. The Kier molecular flexibility index (Phi) is 8.44. The van der Waals surface area contributed by atoms with Crippen molar-refractivity contribution in [2.45, 2.75) is 50.8 Å². The zero-order valence-corrected chi connectivity index (χ0v) is 17.1. The highest BCUT2D eigenvalue weighted by Gasteiger charge is 2.14. The number of rotatable bonds is 11. The number of carbonyl (C=O) groups is 1. The van der Waals surface area contributed by atoms with Gasteiger partial charge in [0.1, 0.15) is 0 Å². The molecule has 148 valence electrons. The Hall–Kier alpha value is -2.22. The molecule has 0 unspecified atom stereocenters. The first-order valence-electron chi connectivity index (χ1n) is 9.05. The van der Waals surface area contributed by atoms with Gasteiger partial charge >= 0.3 is 0 Å². The number of methoxy groups -OCH3 is 2. The van der Waals surface area contributed by atoms with Gasteiger partial charge in [-0.15, -0.1) is 10.2 Å². The van der Waals surface area contributed by atoms with Crippen LogP contribution < -0.4 is 14.8 Å². The first-order valence-corrected chi connectivity index (χ1v) is 10.0. The largest absolute Gasteiger partial charge is 0.493 e. The molecule has 8 heteroatoms. The van der Waals surface area contributed by atoms with Crippen LogP contribution in [0.2, 0.25) is 0 Å². The fraction of sp³-hybridized carbons (Fsp3) is 0.526. The summed E-state index contributed by atoms with van der Waals surface area (Å²) in [5, 5.41) is 11.4. The highest BCUT2D eigenvalue weighted by Crippen LogP contribution is 2.32. The molecule has 27 heavy (non-hydrogen) atoms. The van der Waals surface area contributed by atoms with E-state index in [1.54, 1.807) is 26.4 Å². The standard InChI is InChI=1S/C19H27N3O4S/c1-5-6-7-8-13(2)20-17(23)12-27-19-22-21-18(26-19)14-9-10-15(24-3)16(11-14)25-4/h9-11,13H,5-8,12H2,1-4H3,(H,20,23)/t13-/m1/s1. The van der Waals surface area contributed by atoms with Gasteiger partial charge in [0.25, 0.3) is 5.22 Å². The van der Waals surface area contributed by atoms with Crippen LogP contribution in [0.15, 0.2) is 27.8 Å². The Morgan fingerprint density at radius 2 is 2.00 bits per heavy atom. The van der Waals surface area contributed by atoms with Crippen LogP contribution >= 0.6 is 11.8 Å². The average Bonchev–Trinajstić information content (AvgIpc) is 3.15. The maximum absolute atomic E-state index is 12.0. The highest BCUT2D eigenvalue weighted by molar-refractivity contribution is 7.99. The molecule has 0 fully saturated rings. The smallest absolute Gasteiger partial charge is 0.277 e. The Balaban J connectivity index is 1.88. The average molecular weight is 394 g/mol. The quantitative estimate of drug-likeness (QED) is 0.457. The Morgan fingerprint density at radius 3 is 2.70 bits per heavy atom. The molecule has 2 aromatic rings. The number of unbranched alkanes of at least 4 members (excludes halogenated alkanes) is 2. The summed E-state index contributed by atoms with van der Waals surface area (Å²) in [7, 11) is 3.15. The molecule has 0 aliphatic heterocycles. The summed E-state index contributed by atoms with van der Waals surface area (Å²) in [5.41, 5.74) is 0.723. The van der Waals surface area contributed by atoms with Crippen LogP contribution in [0.3, 0.4) is 0 Å². The van der Waals surface area contributed by atoms with Crippen molar-refractivity contribution in [1.29, 1.82) is 0 Å². The van der Waals surface area contributed by atoms with E-state index >= 15 is 0 Å². The van der Waals surface area contributed by atoms with Gasteiger partial charge in [0.15, 0.2) is 11.5 Å². The maximum Gasteiger partial charge on any atom is 0.277 e. The fourth-order valence-electron chi connectivity index (χ4n) is 2.57. The van der Waals surface area contributed by atoms with Crippen LogP contribution in [0.4, 0.5) is 0 Å². The van der Waals surface area contributed by atoms with E-state index in [0.29, 0.717) is 22.6 Å². The second kappa shape index (κ2) is 10.8. The minimum Gasteiger partial charge on any atom is -0.493 e. The number of ether oxygens (including phenoxy) is 2. The molecule has 1 aromatic carbocycles. The summed E-state index contributed by atoms with van der Waals surface area (Å²) >= 11 is 1.22. The summed E-state index contributed by atoms with van der Waals surface area (Å²) in [6.45, 7) is 4.20. The van der Waals surface area contributed by atoms with Crippen molar-refractivity contribution in [2.75, 3.05) is 20.0 Å². The summed E-state index contributed by atoms with van der Waals surface area (Å²) in [4.78, 5) is 12.0. The van der Waals surface area contributed by atoms with E-state index in [4.69, 9.17) is 13.9 Å². The second-order valence-corrected chi connectivity index (χ2v) is 7.12. The number of benzene rings is 1. The fourth-order valence-corrected chi connectivity index (χ4v) is 3.14. The minimum atomic E-state index is -0.0325. The van der Waals surface area contributed by atoms with Crippen LogP contribution in [0.25, 0.3) is 11.5 Å². The van der Waals surface area contributed by atoms with E-state index in [9.17, 15) is 4.79 Å². The van der Waals surface area contributed by atoms with Gasteiger partial charge in [0.2, 0.25) is 11.8 Å². The Bertz CT molecular complexity index is 735. The number of aromatic nitrogens is 2. The van der Waals surface area contributed by atoms with E-state index in [0.717, 1.165) is 18.4 Å². The third kappa shape index (κ3) is 6.46. The molecule has 1 aromatic heterocycles. The molecule has 0 aliphatic carbocycles. The molecule has 1 N–H and O–H groups in total. The minimum absolute atomic E-state index is 0.0325. The van der Waals surface area contributed by atoms with Gasteiger partial charge in [0.05, 0.1) is 20.0 Å². The molecular formula is C19H27N3O4S. The van der Waals surface area contributed by atoms with Crippen molar-refractivity contribution in [3.05, 3.63) is 18.2 Å². The van der Waals surface area contributed by atoms with Gasteiger partial charge in [-0.1, -0.05) is 37.9 Å². The third-order valence-corrected chi connectivity index (χ3v) is 4.83. The Morgan fingerprint density at radius 1 is 1.22 bits per heavy atom. The van der Waals surface area contributed by atoms with Crippen LogP contribution in [0.1, 0.15) is 39.5 Å². The summed E-state index contributed by atoms with van der Waals surface area (Å²) < 4.78 is 16.1. The lowest BCUT2D eigenvalue weighted by Crippen LogP contribution is -2.33. The molecule has 0 radical (unpaired) electrons. The zero-order chi connectivity index (χ0) is 19.6. The molecule has 0 aliphatic rings. The monoisotopic (exact) mass is 393 g/mol. The van der Waals surface area contributed by atoms with Crippen LogP contribution in [0.5, 0.6) is 11.5 Å². The number of carbonyl (C=O) groups excluding carboxylic acids is 1. The number of nitrogens with one attached hydrogen (secondary N) is 1. The molecule has 1 atom stereocenters. The molecule has 2 rings (SSSR count). The van der Waals surface area contributed by atoms with Crippen molar-refractivity contribution in [1.82, 2.24) is 15.5 Å². The topological polar surface area (TPSA) is 86.5 Å². The van der Waals surface area contributed by atoms with Gasteiger partial charge in [-0.25, -0.2) is 0 Å². The van der Waals surface area contributed by atoms with E-state index < -0.39 is 0 Å². The SMILES string of the molecule is CCCCC[C@@H](C)NC(=O)CSc1nnc(-c2ccc(OC)c(OC)c2)o1. The normalized spacial score (nSPS) is 11.9. The van der Waals surface area contributed by atoms with E-state index in [-0.39, 0.29) is 17.7 Å². The van der Waals surface area contributed by atoms with Crippen molar-refractivity contribution < 1.29 is 18.7 Å². The first kappa shape index (κ1) is 21.1. The molecule has 0 spiro atoms. The second-order valence-electron chi connectivity index (χ2n) is 6.20. The van der Waals surface area contributed by atoms with Crippen molar-refractivity contribution >= 4 is 17.7 Å². The highest BCUT2D eigenvalue weighted by atomic mass is 32.2. The van der Waals surface area contributed by atoms with Crippen LogP contribution in [-0.2, 0) is 4.79 Å². The summed E-state index contributed by atoms with van der Waals surface area (Å²) in [5.74, 6) is 1.78. The third-order valence-electron chi connectivity index (χ3n) is 4.01. The summed E-state index contributed by atoms with van der Waals surface area (Å²) in [6.07, 6.45) is 4.49. The molecule has 1 amide bonds. The lowest BCUT2D eigenvalue weighted by Gasteiger charge is -2.12. The Labute approximate surface area is 164 Å². The van der Waals surface area contributed by atoms with Gasteiger partial charge < -0.3 is 19.2 Å². The number of amides is 1. The van der Waals surface area contributed by atoms with Gasteiger partial charge in [-0.2, -0.15) is 0 Å². The molecule has 1 heterocycles. The number of hydrogen-bond donors (Lipinski definition) is 1.